The minimum atomic E-state index is -0.818. The average molecular weight is 585 g/mol. The first-order valence-electron chi connectivity index (χ1n) is 14.5. The van der Waals surface area contributed by atoms with Gasteiger partial charge >= 0.3 is 0 Å². The van der Waals surface area contributed by atoms with Crippen molar-refractivity contribution in [1.82, 2.24) is 20.5 Å². The van der Waals surface area contributed by atoms with E-state index in [2.05, 4.69) is 48.5 Å². The maximum Gasteiger partial charge on any atom is 0.246 e. The van der Waals surface area contributed by atoms with Gasteiger partial charge in [0.2, 0.25) is 17.7 Å². The number of β-amino-alcohol motifs (C(OH)–C–C–N with tert-alkyl or cyclic N) is 1. The van der Waals surface area contributed by atoms with Gasteiger partial charge in [-0.05, 0) is 47.3 Å². The van der Waals surface area contributed by atoms with Crippen LogP contribution in [0.25, 0.3) is 10.4 Å². The number of hydrogen-bond donors (Lipinski definition) is 3. The quantitative estimate of drug-likeness (QED) is 0.398. The zero-order valence-electron chi connectivity index (χ0n) is 26.3. The first kappa shape index (κ1) is 32.7. The zero-order valence-corrected chi connectivity index (χ0v) is 27.1. The van der Waals surface area contributed by atoms with Crippen molar-refractivity contribution in [3.05, 3.63) is 40.5 Å². The van der Waals surface area contributed by atoms with Gasteiger partial charge in [0.05, 0.1) is 28.2 Å². The monoisotopic (exact) mass is 584 g/mol. The van der Waals surface area contributed by atoms with Crippen molar-refractivity contribution in [3.63, 3.8) is 0 Å². The van der Waals surface area contributed by atoms with Crippen LogP contribution in [0.3, 0.4) is 0 Å². The van der Waals surface area contributed by atoms with Gasteiger partial charge < -0.3 is 20.6 Å². The van der Waals surface area contributed by atoms with Gasteiger partial charge in [-0.3, -0.25) is 14.4 Å². The molecule has 3 amide bonds. The van der Waals surface area contributed by atoms with Gasteiger partial charge in [-0.15, -0.1) is 11.3 Å². The molecular formula is C32H48N4O4S. The number of aromatic nitrogens is 1. The number of aliphatic hydroxyl groups is 1. The molecule has 41 heavy (non-hydrogen) atoms. The highest BCUT2D eigenvalue weighted by atomic mass is 32.1. The molecule has 0 spiro atoms. The van der Waals surface area contributed by atoms with Crippen molar-refractivity contribution < 1.29 is 19.5 Å². The van der Waals surface area contributed by atoms with Gasteiger partial charge in [0.1, 0.15) is 12.1 Å². The lowest BCUT2D eigenvalue weighted by Gasteiger charge is -2.31. The lowest BCUT2D eigenvalue weighted by Crippen LogP contribution is -2.55. The number of thiazole rings is 1. The number of carbonyl (C=O) groups excluding carboxylic acids is 3. The van der Waals surface area contributed by atoms with E-state index in [1.54, 1.807) is 11.3 Å². The Morgan fingerprint density at radius 3 is 2.29 bits per heavy atom. The van der Waals surface area contributed by atoms with Crippen molar-refractivity contribution in [1.29, 1.82) is 0 Å². The van der Waals surface area contributed by atoms with E-state index in [-0.39, 0.29) is 59.9 Å². The summed E-state index contributed by atoms with van der Waals surface area (Å²) < 4.78 is 0. The van der Waals surface area contributed by atoms with Gasteiger partial charge in [-0.2, -0.15) is 0 Å². The summed E-state index contributed by atoms with van der Waals surface area (Å²) in [6, 6.07) is 4.36. The fraction of sp³-hybridized carbons (Fsp3) is 0.625. The molecule has 8 nitrogen and oxygen atoms in total. The smallest absolute Gasteiger partial charge is 0.246 e. The Bertz CT molecular complexity index is 1260. The van der Waals surface area contributed by atoms with Crippen LogP contribution in [0.5, 0.6) is 0 Å². The Kier molecular flexibility index (Phi) is 10.1. The molecule has 1 aromatic heterocycles. The molecule has 9 heteroatoms. The van der Waals surface area contributed by atoms with Gasteiger partial charge in [-0.1, -0.05) is 73.6 Å². The molecule has 226 valence electrons. The van der Waals surface area contributed by atoms with Crippen molar-refractivity contribution in [2.45, 2.75) is 112 Å². The molecule has 1 aliphatic heterocycles. The van der Waals surface area contributed by atoms with E-state index in [0.717, 1.165) is 21.7 Å². The minimum Gasteiger partial charge on any atom is -0.391 e. The zero-order chi connectivity index (χ0) is 30.9. The van der Waals surface area contributed by atoms with E-state index in [0.29, 0.717) is 0 Å². The van der Waals surface area contributed by atoms with Crippen molar-refractivity contribution >= 4 is 29.1 Å². The number of nitrogens with zero attached hydrogens (tertiary/aromatic N) is 2. The summed E-state index contributed by atoms with van der Waals surface area (Å²) in [5, 5.41) is 16.4. The Balaban J connectivity index is 1.80. The van der Waals surface area contributed by atoms with Gasteiger partial charge in [0.15, 0.2) is 0 Å². The summed E-state index contributed by atoms with van der Waals surface area (Å²) in [6.45, 7) is 20.2. The summed E-state index contributed by atoms with van der Waals surface area (Å²) >= 11 is 1.62. The van der Waals surface area contributed by atoms with Crippen LogP contribution in [0.1, 0.15) is 98.0 Å². The second-order valence-corrected chi connectivity index (χ2v) is 14.8. The average Bonchev–Trinajstić information content (AvgIpc) is 3.45. The molecule has 0 bridgehead atoms. The second-order valence-electron chi connectivity index (χ2n) is 14.0. The molecule has 3 N–H and O–H groups in total. The highest BCUT2D eigenvalue weighted by Gasteiger charge is 2.42. The van der Waals surface area contributed by atoms with Crippen molar-refractivity contribution in [2.24, 2.45) is 11.3 Å². The largest absolute Gasteiger partial charge is 0.391 e. The molecule has 3 rings (SSSR count). The lowest BCUT2D eigenvalue weighted by atomic mass is 9.81. The van der Waals surface area contributed by atoms with Crippen LogP contribution in [0.4, 0.5) is 0 Å². The predicted molar refractivity (Wildman–Crippen MR) is 165 cm³/mol. The number of hydrogen-bond acceptors (Lipinski definition) is 6. The molecule has 1 fully saturated rings. The topological polar surface area (TPSA) is 112 Å². The first-order chi connectivity index (χ1) is 18.9. The Morgan fingerprint density at radius 2 is 1.76 bits per heavy atom. The number of aryl methyl sites for hydroxylation is 1. The van der Waals surface area contributed by atoms with Crippen molar-refractivity contribution in [3.8, 4) is 10.4 Å². The summed E-state index contributed by atoms with van der Waals surface area (Å²) in [5.74, 6) is -1.04. The fourth-order valence-electron chi connectivity index (χ4n) is 5.31. The number of aliphatic hydroxyl groups excluding tert-OH is 1. The molecule has 1 saturated heterocycles. The van der Waals surface area contributed by atoms with E-state index in [9.17, 15) is 19.5 Å². The normalized spacial score (nSPS) is 19.3. The number of benzene rings is 1. The first-order valence-corrected chi connectivity index (χ1v) is 15.4. The van der Waals surface area contributed by atoms with E-state index < -0.39 is 18.2 Å². The standard InChI is InChI=1S/C32H48N4O4S/c1-18(2)27(35-26(38)15-31(5,6)7)30(40)36-16-22(37)14-25(36)29(39)34-19(3)21-11-12-23(24(13-21)32(8,9)10)28-20(4)33-17-41-28/h11-13,17-19,22,25,27,37H,14-16H2,1-10H3,(H,34,39)(H,35,38)/t19-,22+,25-,27-/m0/s1. The van der Waals surface area contributed by atoms with Gasteiger partial charge in [0, 0.05) is 19.4 Å². The van der Waals surface area contributed by atoms with E-state index in [1.165, 1.54) is 10.5 Å². The van der Waals surface area contributed by atoms with Crippen LogP contribution in [-0.4, -0.2) is 57.4 Å². The second kappa shape index (κ2) is 12.6. The Morgan fingerprint density at radius 1 is 1.10 bits per heavy atom. The van der Waals surface area contributed by atoms with E-state index in [4.69, 9.17) is 0 Å². The molecule has 0 radical (unpaired) electrons. The summed E-state index contributed by atoms with van der Waals surface area (Å²) in [7, 11) is 0. The molecule has 2 heterocycles. The Labute approximate surface area is 249 Å². The van der Waals surface area contributed by atoms with Gasteiger partial charge in [0.25, 0.3) is 0 Å². The van der Waals surface area contributed by atoms with Crippen LogP contribution in [0.2, 0.25) is 0 Å². The number of amides is 3. The highest BCUT2D eigenvalue weighted by molar-refractivity contribution is 7.13. The molecule has 4 atom stereocenters. The van der Waals surface area contributed by atoms with E-state index in [1.807, 2.05) is 60.0 Å². The molecule has 0 aliphatic carbocycles. The van der Waals surface area contributed by atoms with Crippen LogP contribution < -0.4 is 10.6 Å². The lowest BCUT2D eigenvalue weighted by molar-refractivity contribution is -0.142. The predicted octanol–water partition coefficient (Wildman–Crippen LogP) is 5.13. The van der Waals surface area contributed by atoms with Crippen LogP contribution >= 0.6 is 11.3 Å². The third kappa shape index (κ3) is 8.16. The fourth-order valence-corrected chi connectivity index (χ4v) is 6.15. The third-order valence-electron chi connectivity index (χ3n) is 7.51. The maximum atomic E-state index is 13.7. The molecule has 0 unspecified atom stereocenters. The maximum absolute atomic E-state index is 13.7. The molecule has 1 aromatic carbocycles. The molecular weight excluding hydrogens is 536 g/mol. The third-order valence-corrected chi connectivity index (χ3v) is 8.47. The van der Waals surface area contributed by atoms with Crippen LogP contribution in [0, 0.1) is 18.3 Å². The summed E-state index contributed by atoms with van der Waals surface area (Å²) in [6.07, 6.45) is -0.370. The van der Waals surface area contributed by atoms with Crippen molar-refractivity contribution in [2.75, 3.05) is 6.54 Å². The number of nitrogens with one attached hydrogen (secondary N) is 2. The van der Waals surface area contributed by atoms with Crippen LogP contribution in [0.15, 0.2) is 23.7 Å². The molecule has 0 saturated carbocycles. The number of carbonyl (C=O) groups is 3. The minimum absolute atomic E-state index is 0.0563. The molecule has 2 aromatic rings. The van der Waals surface area contributed by atoms with E-state index >= 15 is 0 Å². The SMILES string of the molecule is Cc1ncsc1-c1ccc([C@H](C)NC(=O)[C@@H]2C[C@@H](O)CN2C(=O)[C@@H](NC(=O)CC(C)(C)C)C(C)C)cc1C(C)(C)C. The number of rotatable bonds is 8. The highest BCUT2D eigenvalue weighted by Crippen LogP contribution is 2.38. The summed E-state index contributed by atoms with van der Waals surface area (Å²) in [4.78, 5) is 46.9. The van der Waals surface area contributed by atoms with Gasteiger partial charge in [-0.25, -0.2) is 4.98 Å². The molecule has 1 aliphatic rings. The number of likely N-dealkylation sites (tertiary alicyclic amines) is 1. The van der Waals surface area contributed by atoms with Crippen LogP contribution in [-0.2, 0) is 19.8 Å². The summed E-state index contributed by atoms with van der Waals surface area (Å²) in [5.41, 5.74) is 5.77. The Hall–Kier alpha value is -2.78.